The summed E-state index contributed by atoms with van der Waals surface area (Å²) >= 11 is 0. The van der Waals surface area contributed by atoms with Crippen molar-refractivity contribution in [1.82, 2.24) is 19.6 Å². The molecule has 1 amide bonds. The average molecular weight is 434 g/mol. The molecule has 1 fully saturated rings. The molecule has 3 heterocycles. The Morgan fingerprint density at radius 3 is 2.47 bits per heavy atom. The lowest BCUT2D eigenvalue weighted by Gasteiger charge is -2.24. The van der Waals surface area contributed by atoms with E-state index in [0.717, 1.165) is 5.69 Å². The molecule has 0 radical (unpaired) electrons. The van der Waals surface area contributed by atoms with Gasteiger partial charge in [0.15, 0.2) is 0 Å². The molecule has 1 aliphatic rings. The average Bonchev–Trinajstić information content (AvgIpc) is 3.43. The lowest BCUT2D eigenvalue weighted by atomic mass is 9.99. The van der Waals surface area contributed by atoms with Crippen LogP contribution < -0.4 is 0 Å². The van der Waals surface area contributed by atoms with E-state index < -0.39 is 17.7 Å². The highest BCUT2D eigenvalue weighted by molar-refractivity contribution is 6.46. The first-order chi connectivity index (χ1) is 15.3. The molecule has 166 valence electrons. The number of hydrogen-bond acceptors (Lipinski definition) is 6. The fraction of sp³-hybridized carbons (Fsp3) is 0.292. The standard InChI is InChI=1S/C24H26N4O4/c1-15-10-11-19(32-15)21-20(23(30)24(31)27(21)13-12-26(3)4)22(29)18-14-25-28(16(18)2)17-8-6-5-7-9-17/h5-11,14,21,29H,12-13H2,1-4H3/b22-20-. The first-order valence-electron chi connectivity index (χ1n) is 10.4. The Bertz CT molecular complexity index is 1190. The van der Waals surface area contributed by atoms with Crippen LogP contribution in [0.2, 0.25) is 0 Å². The minimum atomic E-state index is -0.803. The summed E-state index contributed by atoms with van der Waals surface area (Å²) in [6.45, 7) is 4.49. The summed E-state index contributed by atoms with van der Waals surface area (Å²) in [5, 5.41) is 15.6. The van der Waals surface area contributed by atoms with Gasteiger partial charge in [-0.05, 0) is 52.2 Å². The Labute approximate surface area is 186 Å². The Hall–Kier alpha value is -3.65. The number of carbonyl (C=O) groups excluding carboxylic acids is 2. The number of ketones is 1. The summed E-state index contributed by atoms with van der Waals surface area (Å²) < 4.78 is 7.48. The van der Waals surface area contributed by atoms with Gasteiger partial charge in [0.1, 0.15) is 23.3 Å². The van der Waals surface area contributed by atoms with Gasteiger partial charge in [0.2, 0.25) is 0 Å². The number of aliphatic hydroxyl groups is 1. The van der Waals surface area contributed by atoms with E-state index in [4.69, 9.17) is 4.42 Å². The second-order valence-corrected chi connectivity index (χ2v) is 8.14. The van der Waals surface area contributed by atoms with E-state index in [0.29, 0.717) is 35.9 Å². The molecule has 1 unspecified atom stereocenters. The van der Waals surface area contributed by atoms with E-state index in [9.17, 15) is 14.7 Å². The van der Waals surface area contributed by atoms with Crippen LogP contribution >= 0.6 is 0 Å². The maximum absolute atomic E-state index is 13.1. The normalized spacial score (nSPS) is 18.2. The van der Waals surface area contributed by atoms with E-state index in [1.165, 1.54) is 11.1 Å². The molecule has 8 heteroatoms. The van der Waals surface area contributed by atoms with Crippen LogP contribution in [0.15, 0.2) is 58.7 Å². The number of rotatable bonds is 6. The van der Waals surface area contributed by atoms with Gasteiger partial charge in [0.05, 0.1) is 28.7 Å². The van der Waals surface area contributed by atoms with Crippen LogP contribution in [-0.4, -0.2) is 63.6 Å². The summed E-state index contributed by atoms with van der Waals surface area (Å²) in [5.41, 5.74) is 1.89. The molecule has 1 N–H and O–H groups in total. The molecule has 32 heavy (non-hydrogen) atoms. The van der Waals surface area contributed by atoms with Gasteiger partial charge in [-0.3, -0.25) is 9.59 Å². The minimum Gasteiger partial charge on any atom is -0.507 e. The Balaban J connectivity index is 1.83. The maximum atomic E-state index is 13.1. The number of Topliss-reactive ketones (excluding diaryl/α,β-unsaturated/α-hetero) is 1. The predicted octanol–water partition coefficient (Wildman–Crippen LogP) is 3.07. The molecule has 3 aromatic rings. The quantitative estimate of drug-likeness (QED) is 0.364. The number of aliphatic hydroxyl groups excluding tert-OH is 1. The van der Waals surface area contributed by atoms with Gasteiger partial charge in [0.25, 0.3) is 11.7 Å². The van der Waals surface area contributed by atoms with Crippen molar-refractivity contribution in [3.8, 4) is 5.69 Å². The highest BCUT2D eigenvalue weighted by Crippen LogP contribution is 2.40. The van der Waals surface area contributed by atoms with Crippen LogP contribution in [0.25, 0.3) is 11.4 Å². The number of aryl methyl sites for hydroxylation is 1. The molecule has 1 saturated heterocycles. The van der Waals surface area contributed by atoms with Gasteiger partial charge in [-0.2, -0.15) is 5.10 Å². The minimum absolute atomic E-state index is 0.0128. The molecule has 0 bridgehead atoms. The zero-order valence-electron chi connectivity index (χ0n) is 18.6. The molecule has 1 aliphatic heterocycles. The summed E-state index contributed by atoms with van der Waals surface area (Å²) in [6, 6.07) is 12.2. The number of carbonyl (C=O) groups is 2. The first-order valence-corrected chi connectivity index (χ1v) is 10.4. The molecule has 0 spiro atoms. The van der Waals surface area contributed by atoms with Crippen LogP contribution in [0.4, 0.5) is 0 Å². The third-order valence-electron chi connectivity index (χ3n) is 5.62. The summed E-state index contributed by atoms with van der Waals surface area (Å²) in [5.74, 6) is -0.538. The van der Waals surface area contributed by atoms with Gasteiger partial charge in [-0.25, -0.2) is 4.68 Å². The second kappa shape index (κ2) is 8.47. The van der Waals surface area contributed by atoms with E-state index >= 15 is 0 Å². The van der Waals surface area contributed by atoms with Crippen LogP contribution in [0.1, 0.15) is 28.8 Å². The lowest BCUT2D eigenvalue weighted by Crippen LogP contribution is -2.35. The van der Waals surface area contributed by atoms with Gasteiger partial charge >= 0.3 is 0 Å². The Kier molecular flexibility index (Phi) is 5.71. The smallest absolute Gasteiger partial charge is 0.295 e. The molecular formula is C24H26N4O4. The zero-order valence-corrected chi connectivity index (χ0v) is 18.6. The summed E-state index contributed by atoms with van der Waals surface area (Å²) in [6.07, 6.45) is 1.51. The monoisotopic (exact) mass is 434 g/mol. The van der Waals surface area contributed by atoms with Crippen molar-refractivity contribution in [3.63, 3.8) is 0 Å². The number of benzene rings is 1. The van der Waals surface area contributed by atoms with Crippen LogP contribution in [0, 0.1) is 13.8 Å². The molecule has 1 aromatic carbocycles. The van der Waals surface area contributed by atoms with Gasteiger partial charge < -0.3 is 19.3 Å². The van der Waals surface area contributed by atoms with Crippen LogP contribution in [0.3, 0.4) is 0 Å². The van der Waals surface area contributed by atoms with Crippen molar-refractivity contribution in [2.75, 3.05) is 27.2 Å². The lowest BCUT2D eigenvalue weighted by molar-refractivity contribution is -0.140. The molecule has 4 rings (SSSR count). The SMILES string of the molecule is Cc1ccc(C2/C(=C(/O)c3cnn(-c4ccccc4)c3C)C(=O)C(=O)N2CCN(C)C)o1. The van der Waals surface area contributed by atoms with Gasteiger partial charge in [-0.1, -0.05) is 18.2 Å². The van der Waals surface area contributed by atoms with Crippen molar-refractivity contribution in [3.05, 3.63) is 77.0 Å². The topological polar surface area (TPSA) is 91.8 Å². The van der Waals surface area contributed by atoms with Crippen molar-refractivity contribution in [2.45, 2.75) is 19.9 Å². The van der Waals surface area contributed by atoms with Gasteiger partial charge in [-0.15, -0.1) is 0 Å². The number of hydrogen-bond donors (Lipinski definition) is 1. The van der Waals surface area contributed by atoms with E-state index in [1.807, 2.05) is 56.3 Å². The number of likely N-dealkylation sites (tertiary alicyclic amines) is 1. The Morgan fingerprint density at radius 2 is 1.84 bits per heavy atom. The molecule has 1 atom stereocenters. The van der Waals surface area contributed by atoms with E-state index in [2.05, 4.69) is 5.10 Å². The van der Waals surface area contributed by atoms with Crippen LogP contribution in [0.5, 0.6) is 0 Å². The number of para-hydroxylation sites is 1. The maximum Gasteiger partial charge on any atom is 0.295 e. The number of nitrogens with zero attached hydrogens (tertiary/aromatic N) is 4. The number of aromatic nitrogens is 2. The molecule has 0 aliphatic carbocycles. The fourth-order valence-electron chi connectivity index (χ4n) is 3.93. The van der Waals surface area contributed by atoms with Crippen LogP contribution in [-0.2, 0) is 9.59 Å². The highest BCUT2D eigenvalue weighted by Gasteiger charge is 2.47. The van der Waals surface area contributed by atoms with Crippen molar-refractivity contribution >= 4 is 17.4 Å². The van der Waals surface area contributed by atoms with Crippen molar-refractivity contribution in [1.29, 1.82) is 0 Å². The largest absolute Gasteiger partial charge is 0.507 e. The van der Waals surface area contributed by atoms with Crippen molar-refractivity contribution in [2.24, 2.45) is 0 Å². The number of amides is 1. The van der Waals surface area contributed by atoms with Gasteiger partial charge in [0, 0.05) is 13.1 Å². The third-order valence-corrected chi connectivity index (χ3v) is 5.62. The molecule has 8 nitrogen and oxygen atoms in total. The zero-order chi connectivity index (χ0) is 23.0. The number of likely N-dealkylation sites (N-methyl/N-ethyl adjacent to an activating group) is 1. The summed E-state index contributed by atoms with van der Waals surface area (Å²) in [7, 11) is 3.79. The highest BCUT2D eigenvalue weighted by atomic mass is 16.3. The van der Waals surface area contributed by atoms with E-state index in [-0.39, 0.29) is 11.3 Å². The predicted molar refractivity (Wildman–Crippen MR) is 119 cm³/mol. The second-order valence-electron chi connectivity index (χ2n) is 8.14. The third kappa shape index (κ3) is 3.73. The summed E-state index contributed by atoms with van der Waals surface area (Å²) in [4.78, 5) is 29.4. The van der Waals surface area contributed by atoms with E-state index in [1.54, 1.807) is 23.7 Å². The molecule has 2 aromatic heterocycles. The Morgan fingerprint density at radius 1 is 1.12 bits per heavy atom. The molecule has 0 saturated carbocycles. The number of furan rings is 1. The van der Waals surface area contributed by atoms with Crippen molar-refractivity contribution < 1.29 is 19.1 Å². The first kappa shape index (κ1) is 21.6. The molecular weight excluding hydrogens is 408 g/mol. The fourth-order valence-corrected chi connectivity index (χ4v) is 3.93.